The van der Waals surface area contributed by atoms with Gasteiger partial charge in [0, 0.05) is 11.6 Å². The van der Waals surface area contributed by atoms with Crippen LogP contribution in [-0.4, -0.2) is 21.5 Å². The number of aliphatic hydroxyl groups is 1. The van der Waals surface area contributed by atoms with Crippen molar-refractivity contribution < 1.29 is 18.6 Å². The molecule has 0 aliphatic heterocycles. The monoisotopic (exact) mass is 316 g/mol. The van der Waals surface area contributed by atoms with Gasteiger partial charge in [-0.25, -0.2) is 0 Å². The van der Waals surface area contributed by atoms with Crippen molar-refractivity contribution in [3.8, 4) is 5.75 Å². The van der Waals surface area contributed by atoms with Gasteiger partial charge in [0.25, 0.3) is 0 Å². The van der Waals surface area contributed by atoms with Crippen molar-refractivity contribution in [1.29, 1.82) is 0 Å². The molecule has 7 heteroatoms. The average molecular weight is 317 g/mol. The first-order chi connectivity index (χ1) is 9.91. The standard InChI is InChI=1S/C14H15ClF2N2O2/c1-8(2)19-12(10(15)7-18-19)13(20)9-5-3-4-6-11(9)21-14(16)17/h3-8,13-14,20H,1-2H3. The van der Waals surface area contributed by atoms with Crippen LogP contribution in [0.5, 0.6) is 5.75 Å². The van der Waals surface area contributed by atoms with Gasteiger partial charge in [-0.1, -0.05) is 29.8 Å². The summed E-state index contributed by atoms with van der Waals surface area (Å²) >= 11 is 6.06. The van der Waals surface area contributed by atoms with Crippen molar-refractivity contribution >= 4 is 11.6 Å². The van der Waals surface area contributed by atoms with Gasteiger partial charge in [0.1, 0.15) is 11.9 Å². The number of nitrogens with zero attached hydrogens (tertiary/aromatic N) is 2. The van der Waals surface area contributed by atoms with Gasteiger partial charge in [-0.2, -0.15) is 13.9 Å². The van der Waals surface area contributed by atoms with E-state index in [1.54, 1.807) is 16.8 Å². The third kappa shape index (κ3) is 3.33. The number of alkyl halides is 2. The molecule has 4 nitrogen and oxygen atoms in total. The zero-order chi connectivity index (χ0) is 15.6. The molecule has 0 aliphatic carbocycles. The third-order valence-electron chi connectivity index (χ3n) is 2.96. The Kier molecular flexibility index (Phi) is 4.80. The summed E-state index contributed by atoms with van der Waals surface area (Å²) in [6.45, 7) is 0.784. The topological polar surface area (TPSA) is 47.3 Å². The lowest BCUT2D eigenvalue weighted by Gasteiger charge is -2.19. The molecular formula is C14H15ClF2N2O2. The van der Waals surface area contributed by atoms with Crippen LogP contribution in [0.25, 0.3) is 0 Å². The van der Waals surface area contributed by atoms with E-state index in [2.05, 4.69) is 9.84 Å². The second kappa shape index (κ2) is 6.41. The van der Waals surface area contributed by atoms with Crippen molar-refractivity contribution in [2.45, 2.75) is 32.6 Å². The molecule has 0 fully saturated rings. The minimum absolute atomic E-state index is 0.0367. The molecule has 0 radical (unpaired) electrons. The first-order valence-electron chi connectivity index (χ1n) is 6.36. The van der Waals surface area contributed by atoms with E-state index < -0.39 is 12.7 Å². The number of ether oxygens (including phenoxy) is 1. The van der Waals surface area contributed by atoms with Crippen LogP contribution in [0.15, 0.2) is 30.5 Å². The van der Waals surface area contributed by atoms with Gasteiger partial charge < -0.3 is 9.84 Å². The fraction of sp³-hybridized carbons (Fsp3) is 0.357. The molecule has 21 heavy (non-hydrogen) atoms. The number of hydrogen-bond donors (Lipinski definition) is 1. The Balaban J connectivity index is 2.45. The number of hydrogen-bond acceptors (Lipinski definition) is 3. The second-order valence-corrected chi connectivity index (χ2v) is 5.14. The summed E-state index contributed by atoms with van der Waals surface area (Å²) in [5.74, 6) is -0.0902. The largest absolute Gasteiger partial charge is 0.434 e. The normalized spacial score (nSPS) is 13.0. The molecule has 2 aromatic rings. The molecule has 0 aliphatic rings. The maximum Gasteiger partial charge on any atom is 0.387 e. The van der Waals surface area contributed by atoms with Gasteiger partial charge in [-0.05, 0) is 19.9 Å². The lowest BCUT2D eigenvalue weighted by molar-refractivity contribution is -0.0513. The first kappa shape index (κ1) is 15.7. The lowest BCUT2D eigenvalue weighted by atomic mass is 10.1. The highest BCUT2D eigenvalue weighted by Gasteiger charge is 2.24. The SMILES string of the molecule is CC(C)n1ncc(Cl)c1C(O)c1ccccc1OC(F)F. The molecule has 1 heterocycles. The summed E-state index contributed by atoms with van der Waals surface area (Å²) < 4.78 is 30.9. The predicted molar refractivity (Wildman–Crippen MR) is 74.8 cm³/mol. The molecule has 0 saturated heterocycles. The van der Waals surface area contributed by atoms with Crippen LogP contribution in [0.1, 0.15) is 37.3 Å². The zero-order valence-electron chi connectivity index (χ0n) is 11.5. The van der Waals surface area contributed by atoms with Gasteiger partial charge in [-0.15, -0.1) is 0 Å². The van der Waals surface area contributed by atoms with E-state index in [0.717, 1.165) is 0 Å². The maximum atomic E-state index is 12.4. The van der Waals surface area contributed by atoms with E-state index in [0.29, 0.717) is 5.69 Å². The molecule has 1 unspecified atom stereocenters. The summed E-state index contributed by atoms with van der Waals surface area (Å²) in [5, 5.41) is 14.9. The molecule has 1 aromatic heterocycles. The minimum atomic E-state index is -2.97. The first-order valence-corrected chi connectivity index (χ1v) is 6.74. The third-order valence-corrected chi connectivity index (χ3v) is 3.26. The Hall–Kier alpha value is -1.66. The Morgan fingerprint density at radius 2 is 1.95 bits per heavy atom. The summed E-state index contributed by atoms with van der Waals surface area (Å²) in [5.41, 5.74) is 0.555. The van der Waals surface area contributed by atoms with Crippen LogP contribution < -0.4 is 4.74 Å². The fourth-order valence-corrected chi connectivity index (χ4v) is 2.31. The number of benzene rings is 1. The second-order valence-electron chi connectivity index (χ2n) is 4.73. The molecule has 1 aromatic carbocycles. The highest BCUT2D eigenvalue weighted by Crippen LogP contribution is 2.35. The van der Waals surface area contributed by atoms with Crippen LogP contribution in [0.3, 0.4) is 0 Å². The fourth-order valence-electron chi connectivity index (χ4n) is 2.08. The molecular weight excluding hydrogens is 302 g/mol. The Morgan fingerprint density at radius 1 is 1.29 bits per heavy atom. The van der Waals surface area contributed by atoms with Crippen LogP contribution in [0.4, 0.5) is 8.78 Å². The molecule has 1 atom stereocenters. The highest BCUT2D eigenvalue weighted by molar-refractivity contribution is 6.31. The van der Waals surface area contributed by atoms with E-state index in [9.17, 15) is 13.9 Å². The van der Waals surface area contributed by atoms with Gasteiger partial charge >= 0.3 is 6.61 Å². The van der Waals surface area contributed by atoms with Crippen molar-refractivity contribution in [2.75, 3.05) is 0 Å². The van der Waals surface area contributed by atoms with Crippen LogP contribution in [0, 0.1) is 0 Å². The summed E-state index contributed by atoms with van der Waals surface area (Å²) in [6, 6.07) is 6.02. The van der Waals surface area contributed by atoms with E-state index in [4.69, 9.17) is 11.6 Å². The van der Waals surface area contributed by atoms with Crippen LogP contribution >= 0.6 is 11.6 Å². The van der Waals surface area contributed by atoms with Crippen molar-refractivity contribution in [3.63, 3.8) is 0 Å². The van der Waals surface area contributed by atoms with Crippen LogP contribution in [0.2, 0.25) is 5.02 Å². The quantitative estimate of drug-likeness (QED) is 0.912. The number of aliphatic hydroxyl groups excluding tert-OH is 1. The Labute approximate surface area is 125 Å². The molecule has 0 saturated carbocycles. The lowest BCUT2D eigenvalue weighted by Crippen LogP contribution is -2.14. The van der Waals surface area contributed by atoms with Gasteiger partial charge in [0.15, 0.2) is 0 Å². The molecule has 2 rings (SSSR count). The Bertz CT molecular complexity index is 617. The smallest absolute Gasteiger partial charge is 0.387 e. The molecule has 1 N–H and O–H groups in total. The van der Waals surface area contributed by atoms with Gasteiger partial charge in [0.05, 0.1) is 16.9 Å². The van der Waals surface area contributed by atoms with Crippen molar-refractivity contribution in [3.05, 3.63) is 46.7 Å². The Morgan fingerprint density at radius 3 is 2.57 bits per heavy atom. The van der Waals surface area contributed by atoms with E-state index in [1.807, 2.05) is 13.8 Å². The predicted octanol–water partition coefficient (Wildman–Crippen LogP) is 3.80. The number of para-hydroxylation sites is 1. The molecule has 0 amide bonds. The maximum absolute atomic E-state index is 12.4. The minimum Gasteiger partial charge on any atom is -0.434 e. The average Bonchev–Trinajstić information content (AvgIpc) is 2.80. The van der Waals surface area contributed by atoms with E-state index in [1.165, 1.54) is 18.3 Å². The number of rotatable bonds is 5. The highest BCUT2D eigenvalue weighted by atomic mass is 35.5. The van der Waals surface area contributed by atoms with E-state index in [-0.39, 0.29) is 22.4 Å². The molecule has 0 bridgehead atoms. The number of aromatic nitrogens is 2. The van der Waals surface area contributed by atoms with E-state index >= 15 is 0 Å². The zero-order valence-corrected chi connectivity index (χ0v) is 12.3. The van der Waals surface area contributed by atoms with Gasteiger partial charge in [-0.3, -0.25) is 4.68 Å². The van der Waals surface area contributed by atoms with Gasteiger partial charge in [0.2, 0.25) is 0 Å². The van der Waals surface area contributed by atoms with Crippen molar-refractivity contribution in [1.82, 2.24) is 9.78 Å². The number of halogens is 3. The van der Waals surface area contributed by atoms with Crippen molar-refractivity contribution in [2.24, 2.45) is 0 Å². The molecule has 114 valence electrons. The summed E-state index contributed by atoms with van der Waals surface area (Å²) in [7, 11) is 0. The molecule has 0 spiro atoms. The summed E-state index contributed by atoms with van der Waals surface area (Å²) in [4.78, 5) is 0. The summed E-state index contributed by atoms with van der Waals surface area (Å²) in [6.07, 6.45) is 0.203. The van der Waals surface area contributed by atoms with Crippen LogP contribution in [-0.2, 0) is 0 Å².